The number of thioether (sulfide) groups is 1. The van der Waals surface area contributed by atoms with Gasteiger partial charge in [-0.25, -0.2) is 0 Å². The number of amides is 1. The largest absolute Gasteiger partial charge is 0.497 e. The van der Waals surface area contributed by atoms with Crippen molar-refractivity contribution >= 4 is 17.7 Å². The van der Waals surface area contributed by atoms with Crippen LogP contribution in [-0.2, 0) is 4.79 Å². The monoisotopic (exact) mass is 518 g/mol. The average Bonchev–Trinajstić information content (AvgIpc) is 2.94. The summed E-state index contributed by atoms with van der Waals surface area (Å²) < 4.78 is 9.81. The van der Waals surface area contributed by atoms with Crippen LogP contribution >= 0.6 is 11.8 Å². The van der Waals surface area contributed by atoms with Crippen LogP contribution < -0.4 is 9.47 Å². The SMILES string of the molecule is CCC1(Sc2ccccc2)C(=O)N(C(c2ccc(OC)cc2)c2ccc(OC)cc2)C1/C=C(\C)[N+](=O)[O-]. The second-order valence-electron chi connectivity index (χ2n) is 8.83. The molecule has 1 aliphatic heterocycles. The Balaban J connectivity index is 1.85. The third kappa shape index (κ3) is 5.06. The Morgan fingerprint density at radius 2 is 1.51 bits per heavy atom. The molecule has 3 aromatic rings. The van der Waals surface area contributed by atoms with Gasteiger partial charge < -0.3 is 14.4 Å². The van der Waals surface area contributed by atoms with E-state index >= 15 is 0 Å². The summed E-state index contributed by atoms with van der Waals surface area (Å²) in [6.45, 7) is 3.44. The highest BCUT2D eigenvalue weighted by Gasteiger charge is 2.62. The van der Waals surface area contributed by atoms with Crippen molar-refractivity contribution < 1.29 is 19.2 Å². The zero-order valence-corrected chi connectivity index (χ0v) is 22.1. The molecule has 3 aromatic carbocycles. The second-order valence-corrected chi connectivity index (χ2v) is 10.2. The predicted molar refractivity (Wildman–Crippen MR) is 145 cm³/mol. The summed E-state index contributed by atoms with van der Waals surface area (Å²) in [5, 5.41) is 11.7. The molecule has 0 aliphatic carbocycles. The summed E-state index contributed by atoms with van der Waals surface area (Å²) in [5.41, 5.74) is 1.77. The van der Waals surface area contributed by atoms with E-state index < -0.39 is 21.8 Å². The van der Waals surface area contributed by atoms with Crippen molar-refractivity contribution in [1.29, 1.82) is 0 Å². The summed E-state index contributed by atoms with van der Waals surface area (Å²) >= 11 is 1.47. The van der Waals surface area contributed by atoms with Crippen molar-refractivity contribution in [2.45, 2.75) is 42.0 Å². The summed E-state index contributed by atoms with van der Waals surface area (Å²) in [7, 11) is 3.21. The van der Waals surface area contributed by atoms with Gasteiger partial charge in [0.1, 0.15) is 16.2 Å². The Labute approximate surface area is 221 Å². The lowest BCUT2D eigenvalue weighted by atomic mass is 9.79. The maximum absolute atomic E-state index is 14.2. The van der Waals surface area contributed by atoms with Gasteiger partial charge in [0, 0.05) is 17.9 Å². The topological polar surface area (TPSA) is 81.9 Å². The van der Waals surface area contributed by atoms with Crippen LogP contribution in [0.2, 0.25) is 0 Å². The molecule has 0 spiro atoms. The number of allylic oxidation sites excluding steroid dienone is 1. The van der Waals surface area contributed by atoms with E-state index in [1.807, 2.05) is 85.8 Å². The molecule has 0 aromatic heterocycles. The van der Waals surface area contributed by atoms with Crippen LogP contribution in [0.5, 0.6) is 11.5 Å². The molecule has 1 aliphatic rings. The number of methoxy groups -OCH3 is 2. The third-order valence-corrected chi connectivity index (χ3v) is 8.35. The highest BCUT2D eigenvalue weighted by Crippen LogP contribution is 2.53. The van der Waals surface area contributed by atoms with Crippen molar-refractivity contribution in [3.8, 4) is 11.5 Å². The number of carbonyl (C=O) groups is 1. The smallest absolute Gasteiger partial charge is 0.242 e. The molecule has 1 saturated heterocycles. The van der Waals surface area contributed by atoms with Gasteiger partial charge in [-0.2, -0.15) is 0 Å². The fourth-order valence-corrected chi connectivity index (χ4v) is 6.09. The number of nitro groups is 1. The number of β-lactam (4-membered cyclic amide) rings is 1. The highest BCUT2D eigenvalue weighted by molar-refractivity contribution is 8.01. The van der Waals surface area contributed by atoms with Crippen LogP contribution in [-0.4, -0.2) is 40.7 Å². The Morgan fingerprint density at radius 3 is 1.95 bits per heavy atom. The molecule has 2 unspecified atom stereocenters. The molecular formula is C29H30N2O5S. The van der Waals surface area contributed by atoms with Crippen LogP contribution in [0.4, 0.5) is 0 Å². The van der Waals surface area contributed by atoms with Crippen molar-refractivity contribution in [3.63, 3.8) is 0 Å². The van der Waals surface area contributed by atoms with E-state index in [4.69, 9.17) is 9.47 Å². The van der Waals surface area contributed by atoms with Gasteiger partial charge in [-0.3, -0.25) is 14.9 Å². The van der Waals surface area contributed by atoms with E-state index in [2.05, 4.69) is 0 Å². The van der Waals surface area contributed by atoms with Crippen molar-refractivity contribution in [3.05, 3.63) is 112 Å². The molecule has 7 nitrogen and oxygen atoms in total. The van der Waals surface area contributed by atoms with Gasteiger partial charge in [0.15, 0.2) is 0 Å². The van der Waals surface area contributed by atoms with Crippen molar-refractivity contribution in [2.24, 2.45) is 0 Å². The first-order valence-electron chi connectivity index (χ1n) is 12.0. The Kier molecular flexibility index (Phi) is 7.88. The summed E-state index contributed by atoms with van der Waals surface area (Å²) in [6.07, 6.45) is 2.15. The van der Waals surface area contributed by atoms with Gasteiger partial charge in [0.05, 0.1) is 31.2 Å². The normalized spacial score (nSPS) is 19.5. The number of nitrogens with zero attached hydrogens (tertiary/aromatic N) is 2. The first-order valence-corrected chi connectivity index (χ1v) is 12.8. The van der Waals surface area contributed by atoms with E-state index in [0.717, 1.165) is 16.0 Å². The van der Waals surface area contributed by atoms with E-state index in [0.29, 0.717) is 17.9 Å². The molecule has 0 radical (unpaired) electrons. The summed E-state index contributed by atoms with van der Waals surface area (Å²) in [5.74, 6) is 1.35. The Hall–Kier alpha value is -3.78. The molecule has 37 heavy (non-hydrogen) atoms. The molecule has 192 valence electrons. The highest BCUT2D eigenvalue weighted by atomic mass is 32.2. The van der Waals surface area contributed by atoms with Crippen LogP contribution in [0.25, 0.3) is 0 Å². The lowest BCUT2D eigenvalue weighted by Gasteiger charge is -2.57. The molecular weight excluding hydrogens is 488 g/mol. The number of carbonyl (C=O) groups excluding carboxylic acids is 1. The Morgan fingerprint density at radius 1 is 1.00 bits per heavy atom. The number of benzene rings is 3. The van der Waals surface area contributed by atoms with Gasteiger partial charge in [-0.15, -0.1) is 11.8 Å². The van der Waals surface area contributed by atoms with E-state index in [1.165, 1.54) is 18.7 Å². The Bertz CT molecular complexity index is 1230. The second kappa shape index (κ2) is 11.1. The average molecular weight is 519 g/mol. The van der Waals surface area contributed by atoms with Crippen LogP contribution in [0.1, 0.15) is 37.4 Å². The molecule has 8 heteroatoms. The number of hydrogen-bond donors (Lipinski definition) is 0. The minimum Gasteiger partial charge on any atom is -0.497 e. The summed E-state index contributed by atoms with van der Waals surface area (Å²) in [4.78, 5) is 28.2. The molecule has 1 heterocycles. The van der Waals surface area contributed by atoms with E-state index in [-0.39, 0.29) is 11.6 Å². The zero-order chi connectivity index (χ0) is 26.6. The first-order chi connectivity index (χ1) is 17.8. The maximum atomic E-state index is 14.2. The quantitative estimate of drug-likeness (QED) is 0.183. The molecule has 1 amide bonds. The number of ether oxygens (including phenoxy) is 2. The third-order valence-electron chi connectivity index (χ3n) is 6.77. The standard InChI is InChI=1S/C29H30N2O5S/c1-5-29(37-25-9-7-6-8-10-25)26(19-20(2)31(33)34)30(28(29)32)27(21-11-15-23(35-3)16-12-21)22-13-17-24(36-4)18-14-22/h6-19,26-27H,5H2,1-4H3/b20-19+. The molecule has 2 atom stereocenters. The fourth-order valence-electron chi connectivity index (χ4n) is 4.73. The first kappa shape index (κ1) is 26.3. The van der Waals surface area contributed by atoms with Gasteiger partial charge in [0.25, 0.3) is 0 Å². The number of rotatable bonds is 10. The predicted octanol–water partition coefficient (Wildman–Crippen LogP) is 6.13. The lowest BCUT2D eigenvalue weighted by molar-refractivity contribution is -0.425. The molecule has 0 N–H and O–H groups in total. The van der Waals surface area contributed by atoms with Gasteiger partial charge in [-0.1, -0.05) is 49.4 Å². The maximum Gasteiger partial charge on any atom is 0.242 e. The molecule has 4 rings (SSSR count). The van der Waals surface area contributed by atoms with Gasteiger partial charge >= 0.3 is 0 Å². The molecule has 0 bridgehead atoms. The number of likely N-dealkylation sites (tertiary alicyclic amines) is 1. The van der Waals surface area contributed by atoms with Gasteiger partial charge in [-0.05, 0) is 53.9 Å². The minimum absolute atomic E-state index is 0.0113. The fraction of sp³-hybridized carbons (Fsp3) is 0.276. The van der Waals surface area contributed by atoms with E-state index in [1.54, 1.807) is 25.2 Å². The van der Waals surface area contributed by atoms with E-state index in [9.17, 15) is 14.9 Å². The van der Waals surface area contributed by atoms with Crippen LogP contribution in [0.3, 0.4) is 0 Å². The van der Waals surface area contributed by atoms with Crippen LogP contribution in [0.15, 0.2) is 95.5 Å². The lowest BCUT2D eigenvalue weighted by Crippen LogP contribution is -2.71. The molecule has 1 fully saturated rings. The van der Waals surface area contributed by atoms with Crippen LogP contribution in [0, 0.1) is 10.1 Å². The minimum atomic E-state index is -0.865. The van der Waals surface area contributed by atoms with Crippen molar-refractivity contribution in [1.82, 2.24) is 4.90 Å². The summed E-state index contributed by atoms with van der Waals surface area (Å²) in [6, 6.07) is 23.9. The number of hydrogen-bond acceptors (Lipinski definition) is 6. The molecule has 0 saturated carbocycles. The van der Waals surface area contributed by atoms with Crippen molar-refractivity contribution in [2.75, 3.05) is 14.2 Å². The van der Waals surface area contributed by atoms with Gasteiger partial charge in [0.2, 0.25) is 11.6 Å². The zero-order valence-electron chi connectivity index (χ0n) is 21.3.